The second-order valence-electron chi connectivity index (χ2n) is 6.56. The molecule has 0 unspecified atom stereocenters. The summed E-state index contributed by atoms with van der Waals surface area (Å²) in [6.07, 6.45) is -0.682. The molecule has 0 radical (unpaired) electrons. The molecule has 9 nitrogen and oxygen atoms in total. The fraction of sp³-hybridized carbons (Fsp3) is 0.211. The van der Waals surface area contributed by atoms with Crippen LogP contribution in [0, 0.1) is 0 Å². The Morgan fingerprint density at radius 1 is 1.13 bits per heavy atom. The van der Waals surface area contributed by atoms with Crippen LogP contribution in [0.1, 0.15) is 11.3 Å². The zero-order chi connectivity index (χ0) is 22.2. The normalized spacial score (nSPS) is 11.6. The lowest BCUT2D eigenvalue weighted by Crippen LogP contribution is -2.17. The van der Waals surface area contributed by atoms with Gasteiger partial charge in [-0.2, -0.15) is 23.3 Å². The minimum absolute atomic E-state index is 0.0131. The quantitative estimate of drug-likeness (QED) is 0.478. The van der Waals surface area contributed by atoms with Crippen LogP contribution in [0.2, 0.25) is 0 Å². The standard InChI is InChI=1S/C19H15F3N6O3/c1-27-7-3-4-12(18(27)29)16-25-17(31-26-16)13-9-24-28(2)14(13)10-30-15-6-5-11(8-23-15)19(20,21)22/h3-9H,10H2,1-2H3. The van der Waals surface area contributed by atoms with Gasteiger partial charge in [-0.05, 0) is 18.2 Å². The molecule has 0 aliphatic rings. The SMILES string of the molecule is Cn1ncc(-c2nc(-c3cccn(C)c3=O)no2)c1COc1ccc(C(F)(F)F)cn1. The summed E-state index contributed by atoms with van der Waals surface area (Å²) in [6, 6.07) is 5.29. The lowest BCUT2D eigenvalue weighted by molar-refractivity contribution is -0.137. The molecule has 12 heteroatoms. The zero-order valence-corrected chi connectivity index (χ0v) is 16.3. The lowest BCUT2D eigenvalue weighted by atomic mass is 10.2. The van der Waals surface area contributed by atoms with Crippen molar-refractivity contribution in [3.63, 3.8) is 0 Å². The molecular formula is C19H15F3N6O3. The van der Waals surface area contributed by atoms with Crippen LogP contribution < -0.4 is 10.3 Å². The maximum atomic E-state index is 12.7. The summed E-state index contributed by atoms with van der Waals surface area (Å²) in [6.45, 7) is -0.0605. The monoisotopic (exact) mass is 432 g/mol. The highest BCUT2D eigenvalue weighted by atomic mass is 19.4. The minimum atomic E-state index is -4.48. The average molecular weight is 432 g/mol. The summed E-state index contributed by atoms with van der Waals surface area (Å²) in [5.74, 6) is 0.253. The van der Waals surface area contributed by atoms with E-state index in [4.69, 9.17) is 9.26 Å². The maximum absolute atomic E-state index is 12.7. The first-order chi connectivity index (χ1) is 14.7. The van der Waals surface area contributed by atoms with Crippen molar-refractivity contribution < 1.29 is 22.4 Å². The van der Waals surface area contributed by atoms with Gasteiger partial charge < -0.3 is 13.8 Å². The van der Waals surface area contributed by atoms with E-state index >= 15 is 0 Å². The molecule has 0 aliphatic carbocycles. The Labute approximate surface area is 172 Å². The third kappa shape index (κ3) is 4.04. The Bertz CT molecular complexity index is 1270. The molecule has 0 aromatic carbocycles. The van der Waals surface area contributed by atoms with E-state index in [1.165, 1.54) is 15.4 Å². The van der Waals surface area contributed by atoms with Gasteiger partial charge in [0.05, 0.1) is 28.6 Å². The highest BCUT2D eigenvalue weighted by molar-refractivity contribution is 5.60. The van der Waals surface area contributed by atoms with Gasteiger partial charge in [0.1, 0.15) is 6.61 Å². The second-order valence-corrected chi connectivity index (χ2v) is 6.56. The van der Waals surface area contributed by atoms with E-state index in [9.17, 15) is 18.0 Å². The van der Waals surface area contributed by atoms with Crippen molar-refractivity contribution in [2.75, 3.05) is 0 Å². The van der Waals surface area contributed by atoms with Gasteiger partial charge in [0.25, 0.3) is 11.4 Å². The van der Waals surface area contributed by atoms with E-state index in [1.807, 2.05) is 0 Å². The predicted molar refractivity (Wildman–Crippen MR) is 101 cm³/mol. The van der Waals surface area contributed by atoms with Crippen molar-refractivity contribution in [3.05, 3.63) is 64.5 Å². The molecule has 0 spiro atoms. The highest BCUT2D eigenvalue weighted by Gasteiger charge is 2.30. The summed E-state index contributed by atoms with van der Waals surface area (Å²) in [5, 5.41) is 8.01. The molecule has 0 atom stereocenters. The minimum Gasteiger partial charge on any atom is -0.471 e. The fourth-order valence-electron chi connectivity index (χ4n) is 2.80. The number of rotatable bonds is 5. The predicted octanol–water partition coefficient (Wildman–Crippen LogP) is 2.83. The molecule has 4 heterocycles. The molecule has 0 amide bonds. The highest BCUT2D eigenvalue weighted by Crippen LogP contribution is 2.29. The van der Waals surface area contributed by atoms with E-state index < -0.39 is 11.7 Å². The number of nitrogens with zero attached hydrogens (tertiary/aromatic N) is 6. The van der Waals surface area contributed by atoms with E-state index in [0.717, 1.165) is 12.1 Å². The molecule has 0 saturated heterocycles. The van der Waals surface area contributed by atoms with Crippen LogP contribution in [0.25, 0.3) is 22.8 Å². The lowest BCUT2D eigenvalue weighted by Gasteiger charge is -2.09. The van der Waals surface area contributed by atoms with Gasteiger partial charge in [-0.3, -0.25) is 9.48 Å². The number of aromatic nitrogens is 6. The number of hydrogen-bond donors (Lipinski definition) is 0. The van der Waals surface area contributed by atoms with E-state index in [-0.39, 0.29) is 35.3 Å². The first-order valence-corrected chi connectivity index (χ1v) is 8.91. The molecule has 4 aromatic heterocycles. The van der Waals surface area contributed by atoms with Gasteiger partial charge in [0, 0.05) is 32.6 Å². The zero-order valence-electron chi connectivity index (χ0n) is 16.3. The van der Waals surface area contributed by atoms with Crippen LogP contribution in [-0.4, -0.2) is 29.5 Å². The van der Waals surface area contributed by atoms with Gasteiger partial charge >= 0.3 is 6.18 Å². The van der Waals surface area contributed by atoms with E-state index in [1.54, 1.807) is 32.4 Å². The first kappa shape index (κ1) is 20.3. The number of ether oxygens (including phenoxy) is 1. The molecule has 0 saturated carbocycles. The third-order valence-electron chi connectivity index (χ3n) is 4.50. The Kier molecular flexibility index (Phi) is 5.05. The molecule has 31 heavy (non-hydrogen) atoms. The van der Waals surface area contributed by atoms with Crippen LogP contribution in [0.15, 0.2) is 52.2 Å². The largest absolute Gasteiger partial charge is 0.471 e. The van der Waals surface area contributed by atoms with Crippen molar-refractivity contribution in [2.24, 2.45) is 14.1 Å². The number of alkyl halides is 3. The molecule has 4 aromatic rings. The average Bonchev–Trinajstić information content (AvgIpc) is 3.35. The van der Waals surface area contributed by atoms with E-state index in [0.29, 0.717) is 17.5 Å². The van der Waals surface area contributed by atoms with Crippen LogP contribution >= 0.6 is 0 Å². The fourth-order valence-corrected chi connectivity index (χ4v) is 2.80. The van der Waals surface area contributed by atoms with Crippen molar-refractivity contribution >= 4 is 0 Å². The number of halogens is 3. The molecule has 4 rings (SSSR count). The second kappa shape index (κ2) is 7.70. The Morgan fingerprint density at radius 2 is 1.94 bits per heavy atom. The van der Waals surface area contributed by atoms with Crippen molar-refractivity contribution in [2.45, 2.75) is 12.8 Å². The Hall–Kier alpha value is -3.96. The van der Waals surface area contributed by atoms with Gasteiger partial charge in [0.2, 0.25) is 11.7 Å². The van der Waals surface area contributed by atoms with Gasteiger partial charge in [-0.15, -0.1) is 0 Å². The maximum Gasteiger partial charge on any atom is 0.417 e. The third-order valence-corrected chi connectivity index (χ3v) is 4.50. The van der Waals surface area contributed by atoms with Crippen molar-refractivity contribution in [1.29, 1.82) is 0 Å². The van der Waals surface area contributed by atoms with Gasteiger partial charge in [-0.1, -0.05) is 5.16 Å². The summed E-state index contributed by atoms with van der Waals surface area (Å²) in [7, 11) is 3.27. The van der Waals surface area contributed by atoms with Crippen molar-refractivity contribution in [1.82, 2.24) is 29.5 Å². The van der Waals surface area contributed by atoms with E-state index in [2.05, 4.69) is 20.2 Å². The smallest absolute Gasteiger partial charge is 0.417 e. The number of aryl methyl sites for hydroxylation is 2. The summed E-state index contributed by atoms with van der Waals surface area (Å²) >= 11 is 0. The van der Waals surface area contributed by atoms with Crippen LogP contribution in [0.5, 0.6) is 5.88 Å². The first-order valence-electron chi connectivity index (χ1n) is 8.91. The summed E-state index contributed by atoms with van der Waals surface area (Å²) in [4.78, 5) is 20.2. The molecule has 160 valence electrons. The van der Waals surface area contributed by atoms with Crippen LogP contribution in [0.3, 0.4) is 0 Å². The number of hydrogen-bond acceptors (Lipinski definition) is 7. The Balaban J connectivity index is 1.57. The topological polar surface area (TPSA) is 101 Å². The summed E-state index contributed by atoms with van der Waals surface area (Å²) < 4.78 is 51.7. The van der Waals surface area contributed by atoms with Crippen LogP contribution in [0.4, 0.5) is 13.2 Å². The molecule has 0 N–H and O–H groups in total. The molecule has 0 aliphatic heterocycles. The van der Waals surface area contributed by atoms with Gasteiger partial charge in [-0.25, -0.2) is 4.98 Å². The molecule has 0 fully saturated rings. The molecule has 0 bridgehead atoms. The van der Waals surface area contributed by atoms with Gasteiger partial charge in [0.15, 0.2) is 0 Å². The Morgan fingerprint density at radius 3 is 2.65 bits per heavy atom. The summed E-state index contributed by atoms with van der Waals surface area (Å²) in [5.41, 5.74) is 0.110. The molecular weight excluding hydrogens is 417 g/mol. The van der Waals surface area contributed by atoms with Crippen molar-refractivity contribution in [3.8, 4) is 28.7 Å². The van der Waals surface area contributed by atoms with Crippen LogP contribution in [-0.2, 0) is 26.9 Å². The number of pyridine rings is 2.